The van der Waals surface area contributed by atoms with Gasteiger partial charge in [-0.1, -0.05) is 36.9 Å². The first-order chi connectivity index (χ1) is 15.1. The Bertz CT molecular complexity index is 1080. The average molecular weight is 458 g/mol. The van der Waals surface area contributed by atoms with Crippen molar-refractivity contribution in [3.05, 3.63) is 72.8 Å². The highest BCUT2D eigenvalue weighted by Crippen LogP contribution is 2.28. The molecule has 8 nitrogen and oxygen atoms in total. The van der Waals surface area contributed by atoms with E-state index < -0.39 is 21.7 Å². The number of hydrogen-bond acceptors (Lipinski definition) is 4. The fraction of sp³-hybridized carbons (Fsp3) is 0.304. The van der Waals surface area contributed by atoms with Crippen molar-refractivity contribution in [1.82, 2.24) is 9.62 Å². The number of carboxylic acid groups (broad SMARTS) is 1. The lowest BCUT2D eigenvalue weighted by atomic mass is 9.90. The molecule has 0 unspecified atom stereocenters. The normalized spacial score (nSPS) is 16.2. The zero-order valence-electron chi connectivity index (χ0n) is 17.9. The van der Waals surface area contributed by atoms with E-state index in [0.29, 0.717) is 18.5 Å². The Morgan fingerprint density at radius 3 is 2.25 bits per heavy atom. The van der Waals surface area contributed by atoms with E-state index in [4.69, 9.17) is 0 Å². The minimum absolute atomic E-state index is 0.102. The average Bonchev–Trinajstić information content (AvgIpc) is 2.78. The van der Waals surface area contributed by atoms with Gasteiger partial charge in [-0.05, 0) is 55.7 Å². The second kappa shape index (κ2) is 9.54. The Morgan fingerprint density at radius 1 is 1.12 bits per heavy atom. The van der Waals surface area contributed by atoms with Crippen LogP contribution < -0.4 is 10.2 Å². The molecule has 3 rings (SSSR count). The van der Waals surface area contributed by atoms with Crippen LogP contribution in [0.3, 0.4) is 0 Å². The van der Waals surface area contributed by atoms with Crippen molar-refractivity contribution in [2.75, 3.05) is 18.0 Å². The van der Waals surface area contributed by atoms with Gasteiger partial charge >= 0.3 is 6.09 Å². The van der Waals surface area contributed by atoms with E-state index in [-0.39, 0.29) is 30.4 Å². The summed E-state index contributed by atoms with van der Waals surface area (Å²) in [5, 5.41) is 12.5. The van der Waals surface area contributed by atoms with E-state index in [0.717, 1.165) is 5.56 Å². The number of carbonyl (C=O) groups excluding carboxylic acids is 1. The number of rotatable bonds is 7. The summed E-state index contributed by atoms with van der Waals surface area (Å²) in [6.45, 7) is 6.03. The minimum Gasteiger partial charge on any atom is -0.465 e. The van der Waals surface area contributed by atoms with E-state index in [1.165, 1.54) is 39.5 Å². The Labute approximate surface area is 188 Å². The molecule has 1 heterocycles. The summed E-state index contributed by atoms with van der Waals surface area (Å²) in [6, 6.07) is 15.0. The molecule has 0 spiro atoms. The Kier molecular flexibility index (Phi) is 7.00. The highest BCUT2D eigenvalue weighted by atomic mass is 32.2. The molecule has 0 radical (unpaired) electrons. The van der Waals surface area contributed by atoms with Crippen LogP contribution in [-0.2, 0) is 21.4 Å². The standard InChI is InChI=1S/C23H27N3O5S/c1-3-21(27)24-23(2)13-15-25(16-14-23)32(30,31)20-11-9-19(10-12-20)26(22(28)29)17-18-7-5-4-6-8-18/h3-12H,1,13-17H2,2H3,(H,24,27)(H,28,29). The van der Waals surface area contributed by atoms with Gasteiger partial charge in [0.15, 0.2) is 0 Å². The third-order valence-electron chi connectivity index (χ3n) is 5.64. The number of hydrogen-bond donors (Lipinski definition) is 2. The third-order valence-corrected chi connectivity index (χ3v) is 7.55. The molecule has 0 aromatic heterocycles. The van der Waals surface area contributed by atoms with Crippen molar-refractivity contribution in [1.29, 1.82) is 0 Å². The van der Waals surface area contributed by atoms with Crippen LogP contribution in [-0.4, -0.2) is 48.5 Å². The van der Waals surface area contributed by atoms with E-state index in [9.17, 15) is 23.1 Å². The van der Waals surface area contributed by atoms with Crippen molar-refractivity contribution in [2.24, 2.45) is 0 Å². The molecule has 1 aliphatic rings. The molecule has 2 N–H and O–H groups in total. The summed E-state index contributed by atoms with van der Waals surface area (Å²) >= 11 is 0. The fourth-order valence-corrected chi connectivity index (χ4v) is 5.12. The lowest BCUT2D eigenvalue weighted by Gasteiger charge is -2.39. The van der Waals surface area contributed by atoms with Gasteiger partial charge in [-0.25, -0.2) is 13.2 Å². The summed E-state index contributed by atoms with van der Waals surface area (Å²) in [4.78, 5) is 24.7. The monoisotopic (exact) mass is 457 g/mol. The summed E-state index contributed by atoms with van der Waals surface area (Å²) in [5.74, 6) is -0.280. The SMILES string of the molecule is C=CC(=O)NC1(C)CCN(S(=O)(=O)c2ccc(N(Cc3ccccc3)C(=O)O)cc2)CC1. The second-order valence-corrected chi connectivity index (χ2v) is 9.94. The lowest BCUT2D eigenvalue weighted by Crippen LogP contribution is -2.53. The van der Waals surface area contributed by atoms with Crippen molar-refractivity contribution < 1.29 is 23.1 Å². The largest absolute Gasteiger partial charge is 0.465 e. The summed E-state index contributed by atoms with van der Waals surface area (Å²) in [5.41, 5.74) is 0.728. The van der Waals surface area contributed by atoms with E-state index in [1.54, 1.807) is 0 Å². The number of sulfonamides is 1. The van der Waals surface area contributed by atoms with Gasteiger partial charge in [0, 0.05) is 24.3 Å². The number of piperidine rings is 1. The summed E-state index contributed by atoms with van der Waals surface area (Å²) < 4.78 is 27.5. The van der Waals surface area contributed by atoms with E-state index in [2.05, 4.69) is 11.9 Å². The first kappa shape index (κ1) is 23.5. The molecule has 2 aromatic rings. The van der Waals surface area contributed by atoms with Crippen molar-refractivity contribution in [3.8, 4) is 0 Å². The van der Waals surface area contributed by atoms with E-state index in [1.807, 2.05) is 37.3 Å². The predicted molar refractivity (Wildman–Crippen MR) is 122 cm³/mol. The van der Waals surface area contributed by atoms with Crippen LogP contribution in [0.15, 0.2) is 72.1 Å². The van der Waals surface area contributed by atoms with E-state index >= 15 is 0 Å². The first-order valence-corrected chi connectivity index (χ1v) is 11.7. The van der Waals surface area contributed by atoms with Crippen LogP contribution in [0.2, 0.25) is 0 Å². The first-order valence-electron chi connectivity index (χ1n) is 10.2. The Hall–Kier alpha value is -3.17. The highest BCUT2D eigenvalue weighted by molar-refractivity contribution is 7.89. The smallest absolute Gasteiger partial charge is 0.412 e. The Morgan fingerprint density at radius 2 is 1.72 bits per heavy atom. The van der Waals surface area contributed by atoms with Gasteiger partial charge < -0.3 is 10.4 Å². The molecular formula is C23H27N3O5S. The molecule has 32 heavy (non-hydrogen) atoms. The highest BCUT2D eigenvalue weighted by Gasteiger charge is 2.36. The predicted octanol–water partition coefficient (Wildman–Crippen LogP) is 3.22. The molecule has 1 fully saturated rings. The molecule has 0 atom stereocenters. The zero-order valence-corrected chi connectivity index (χ0v) is 18.7. The molecule has 2 amide bonds. The minimum atomic E-state index is -3.73. The van der Waals surface area contributed by atoms with Gasteiger partial charge in [0.05, 0.1) is 11.4 Å². The molecular weight excluding hydrogens is 430 g/mol. The number of nitrogens with one attached hydrogen (secondary N) is 1. The van der Waals surface area contributed by atoms with Crippen LogP contribution in [0.4, 0.5) is 10.5 Å². The van der Waals surface area contributed by atoms with Crippen molar-refractivity contribution in [2.45, 2.75) is 36.7 Å². The van der Waals surface area contributed by atoms with Crippen LogP contribution in [0.5, 0.6) is 0 Å². The number of nitrogens with zero attached hydrogens (tertiary/aromatic N) is 2. The summed E-state index contributed by atoms with van der Waals surface area (Å²) in [7, 11) is -3.73. The molecule has 9 heteroatoms. The molecule has 170 valence electrons. The lowest BCUT2D eigenvalue weighted by molar-refractivity contribution is -0.118. The Balaban J connectivity index is 1.72. The number of benzene rings is 2. The van der Waals surface area contributed by atoms with Gasteiger partial charge in [-0.3, -0.25) is 9.69 Å². The van der Waals surface area contributed by atoms with Crippen LogP contribution >= 0.6 is 0 Å². The quantitative estimate of drug-likeness (QED) is 0.621. The van der Waals surface area contributed by atoms with Gasteiger partial charge in [-0.15, -0.1) is 0 Å². The molecule has 1 saturated heterocycles. The molecule has 0 saturated carbocycles. The van der Waals surface area contributed by atoms with Gasteiger partial charge in [0.2, 0.25) is 15.9 Å². The van der Waals surface area contributed by atoms with Crippen LogP contribution in [0.1, 0.15) is 25.3 Å². The number of carbonyl (C=O) groups is 2. The van der Waals surface area contributed by atoms with Gasteiger partial charge in [0.25, 0.3) is 0 Å². The fourth-order valence-electron chi connectivity index (χ4n) is 3.68. The molecule has 0 aliphatic carbocycles. The number of amides is 2. The van der Waals surface area contributed by atoms with Crippen molar-refractivity contribution in [3.63, 3.8) is 0 Å². The van der Waals surface area contributed by atoms with Crippen molar-refractivity contribution >= 4 is 27.7 Å². The van der Waals surface area contributed by atoms with Crippen LogP contribution in [0.25, 0.3) is 0 Å². The van der Waals surface area contributed by atoms with Gasteiger partial charge in [0.1, 0.15) is 0 Å². The maximum absolute atomic E-state index is 13.1. The molecule has 2 aromatic carbocycles. The topological polar surface area (TPSA) is 107 Å². The number of anilines is 1. The van der Waals surface area contributed by atoms with Gasteiger partial charge in [-0.2, -0.15) is 4.31 Å². The maximum atomic E-state index is 13.1. The van der Waals surface area contributed by atoms with Crippen LogP contribution in [0, 0.1) is 0 Å². The zero-order chi connectivity index (χ0) is 23.4. The maximum Gasteiger partial charge on any atom is 0.412 e. The molecule has 1 aliphatic heterocycles. The summed E-state index contributed by atoms with van der Waals surface area (Å²) in [6.07, 6.45) is 1.04. The molecule has 0 bridgehead atoms. The second-order valence-electron chi connectivity index (χ2n) is 8.01. The third kappa shape index (κ3) is 5.35.